The van der Waals surface area contributed by atoms with Gasteiger partial charge in [-0.1, -0.05) is 58.1 Å². The minimum Gasteiger partial charge on any atom is -0.508 e. The highest BCUT2D eigenvalue weighted by atomic mass is 28.3. The van der Waals surface area contributed by atoms with E-state index in [9.17, 15) is 5.11 Å². The molecule has 0 aliphatic heterocycles. The maximum atomic E-state index is 10.4. The number of para-hydroxylation sites is 1. The van der Waals surface area contributed by atoms with Crippen molar-refractivity contribution in [1.82, 2.24) is 4.98 Å². The molecule has 3 rings (SSSR count). The predicted octanol–water partition coefficient (Wildman–Crippen LogP) is 6.32. The van der Waals surface area contributed by atoms with Crippen LogP contribution in [0.1, 0.15) is 37.6 Å². The Hall–Kier alpha value is -2.33. The molecular weight excluding hydrogens is 362 g/mol. The van der Waals surface area contributed by atoms with Crippen molar-refractivity contribution in [1.29, 1.82) is 0 Å². The van der Waals surface area contributed by atoms with Crippen LogP contribution in [0.3, 0.4) is 0 Å². The van der Waals surface area contributed by atoms with Crippen molar-refractivity contribution < 1.29 is 9.84 Å². The van der Waals surface area contributed by atoms with Crippen LogP contribution in [-0.2, 0) is 6.42 Å². The zero-order valence-electron chi connectivity index (χ0n) is 17.8. The third-order valence-electron chi connectivity index (χ3n) is 6.49. The monoisotopic (exact) mass is 393 g/mol. The van der Waals surface area contributed by atoms with Gasteiger partial charge in [0.2, 0.25) is 0 Å². The van der Waals surface area contributed by atoms with Crippen LogP contribution in [0, 0.1) is 0 Å². The van der Waals surface area contributed by atoms with Crippen LogP contribution in [0.5, 0.6) is 11.5 Å². The average molecular weight is 394 g/mol. The van der Waals surface area contributed by atoms with Gasteiger partial charge in [0.1, 0.15) is 11.5 Å². The van der Waals surface area contributed by atoms with E-state index in [1.807, 2.05) is 36.4 Å². The van der Waals surface area contributed by atoms with E-state index in [0.717, 1.165) is 34.3 Å². The molecule has 0 radical (unpaired) electrons. The summed E-state index contributed by atoms with van der Waals surface area (Å²) in [6.07, 6.45) is 0.803. The molecule has 0 aliphatic rings. The Morgan fingerprint density at radius 1 is 1.04 bits per heavy atom. The van der Waals surface area contributed by atoms with Gasteiger partial charge in [-0.2, -0.15) is 0 Å². The number of aromatic hydroxyl groups is 1. The van der Waals surface area contributed by atoms with E-state index in [4.69, 9.17) is 9.72 Å². The van der Waals surface area contributed by atoms with Gasteiger partial charge >= 0.3 is 0 Å². The summed E-state index contributed by atoms with van der Waals surface area (Å²) in [7, 11) is -0.101. The molecule has 1 N–H and O–H groups in total. The van der Waals surface area contributed by atoms with Crippen LogP contribution in [0.25, 0.3) is 10.9 Å². The topological polar surface area (TPSA) is 42.4 Å². The van der Waals surface area contributed by atoms with E-state index in [0.29, 0.717) is 11.3 Å². The van der Waals surface area contributed by atoms with E-state index < -0.39 is 8.07 Å². The van der Waals surface area contributed by atoms with Crippen LogP contribution in [-0.4, -0.2) is 25.3 Å². The molecule has 3 nitrogen and oxygen atoms in total. The van der Waals surface area contributed by atoms with Gasteiger partial charge in [-0.25, -0.2) is 0 Å². The van der Waals surface area contributed by atoms with Crippen molar-refractivity contribution in [3.8, 4) is 11.5 Å². The van der Waals surface area contributed by atoms with E-state index in [-0.39, 0.29) is 5.04 Å². The fourth-order valence-electron chi connectivity index (χ4n) is 3.60. The van der Waals surface area contributed by atoms with Gasteiger partial charge in [-0.3, -0.25) is 4.98 Å². The number of pyridine rings is 1. The van der Waals surface area contributed by atoms with E-state index in [1.165, 1.54) is 0 Å². The van der Waals surface area contributed by atoms with Gasteiger partial charge in [-0.15, -0.1) is 0 Å². The molecule has 0 saturated carbocycles. The second-order valence-electron chi connectivity index (χ2n) is 9.15. The first-order chi connectivity index (χ1) is 13.1. The zero-order valence-corrected chi connectivity index (χ0v) is 18.8. The lowest BCUT2D eigenvalue weighted by Crippen LogP contribution is -2.45. The first-order valence-corrected chi connectivity index (χ1v) is 12.9. The minimum atomic E-state index is -1.78. The summed E-state index contributed by atoms with van der Waals surface area (Å²) in [5.74, 6) is 1.22. The maximum absolute atomic E-state index is 10.4. The summed E-state index contributed by atoms with van der Waals surface area (Å²) in [5, 5.41) is 11.7. The molecule has 148 valence electrons. The largest absolute Gasteiger partial charge is 0.508 e. The lowest BCUT2D eigenvalue weighted by atomic mass is 10.1. The van der Waals surface area contributed by atoms with Crippen molar-refractivity contribution in [2.45, 2.75) is 50.9 Å². The van der Waals surface area contributed by atoms with Gasteiger partial charge < -0.3 is 9.84 Å². The molecule has 4 heteroatoms. The fraction of sp³-hybridized carbons (Fsp3) is 0.375. The first kappa shape index (κ1) is 20.4. The molecular formula is C24H31NO2Si. The Morgan fingerprint density at radius 2 is 1.75 bits per heavy atom. The van der Waals surface area contributed by atoms with Crippen LogP contribution < -0.4 is 4.74 Å². The highest BCUT2D eigenvalue weighted by Gasteiger charge is 2.43. The molecule has 1 atom stereocenters. The molecule has 0 bridgehead atoms. The molecule has 2 aromatic carbocycles. The number of aromatic nitrogens is 1. The Bertz CT molecular complexity index is 976. The number of hydrogen-bond acceptors (Lipinski definition) is 3. The summed E-state index contributed by atoms with van der Waals surface area (Å²) in [6, 6.07) is 18.0. The zero-order chi connectivity index (χ0) is 20.5. The Labute approximate surface area is 169 Å². The van der Waals surface area contributed by atoms with Gasteiger partial charge in [0.15, 0.2) is 0 Å². The van der Waals surface area contributed by atoms with Crippen molar-refractivity contribution in [2.24, 2.45) is 0 Å². The lowest BCUT2D eigenvalue weighted by molar-refractivity contribution is 0.415. The number of rotatable bonds is 5. The number of hydrogen-bond donors (Lipinski definition) is 1. The third-order valence-corrected chi connectivity index (χ3v) is 12.6. The van der Waals surface area contributed by atoms with Gasteiger partial charge in [0, 0.05) is 16.6 Å². The van der Waals surface area contributed by atoms with Crippen LogP contribution >= 0.6 is 0 Å². The molecule has 1 aromatic heterocycles. The number of fused-ring (bicyclic) bond motifs is 1. The molecule has 0 spiro atoms. The second-order valence-corrected chi connectivity index (χ2v) is 14.8. The first-order valence-electron chi connectivity index (χ1n) is 9.85. The molecule has 3 aromatic rings. The number of phenolic OH excluding ortho intramolecular Hbond substituents is 1. The summed E-state index contributed by atoms with van der Waals surface area (Å²) in [5.41, 5.74) is 3.40. The maximum Gasteiger partial charge on any atom is 0.119 e. The van der Waals surface area contributed by atoms with E-state index in [1.54, 1.807) is 13.2 Å². The van der Waals surface area contributed by atoms with Crippen LogP contribution in [0.15, 0.2) is 54.6 Å². The van der Waals surface area contributed by atoms with Crippen molar-refractivity contribution in [2.75, 3.05) is 7.11 Å². The number of nitrogens with zero attached hydrogens (tertiary/aromatic N) is 1. The molecule has 0 saturated heterocycles. The molecule has 0 aliphatic carbocycles. The Balaban J connectivity index is 2.10. The SMILES string of the molecule is COc1ccc2nc(C(Cc3ccccc3O)[Si](C)(C)C(C)(C)C)ccc2c1. The number of phenols is 1. The molecule has 0 fully saturated rings. The van der Waals surface area contributed by atoms with Gasteiger partial charge in [-0.05, 0) is 47.4 Å². The van der Waals surface area contributed by atoms with Crippen LogP contribution in [0.2, 0.25) is 18.1 Å². The molecule has 1 unspecified atom stereocenters. The molecule has 28 heavy (non-hydrogen) atoms. The summed E-state index contributed by atoms with van der Waals surface area (Å²) < 4.78 is 5.34. The summed E-state index contributed by atoms with van der Waals surface area (Å²) in [4.78, 5) is 5.05. The number of benzene rings is 2. The third kappa shape index (κ3) is 3.92. The van der Waals surface area contributed by atoms with Crippen molar-refractivity contribution in [3.05, 3.63) is 65.9 Å². The quantitative estimate of drug-likeness (QED) is 0.516. The van der Waals surface area contributed by atoms with Gasteiger partial charge in [0.25, 0.3) is 0 Å². The summed E-state index contributed by atoms with van der Waals surface area (Å²) >= 11 is 0. The predicted molar refractivity (Wildman–Crippen MR) is 120 cm³/mol. The second kappa shape index (κ2) is 7.59. The van der Waals surface area contributed by atoms with Crippen molar-refractivity contribution >= 4 is 19.0 Å². The highest BCUT2D eigenvalue weighted by Crippen LogP contribution is 2.46. The van der Waals surface area contributed by atoms with Crippen LogP contribution in [0.4, 0.5) is 0 Å². The smallest absolute Gasteiger partial charge is 0.119 e. The van der Waals surface area contributed by atoms with E-state index >= 15 is 0 Å². The normalized spacial score (nSPS) is 13.5. The fourth-order valence-corrected chi connectivity index (χ4v) is 6.27. The Morgan fingerprint density at radius 3 is 2.39 bits per heavy atom. The van der Waals surface area contributed by atoms with E-state index in [2.05, 4.69) is 46.0 Å². The lowest BCUT2D eigenvalue weighted by Gasteiger charge is -2.43. The van der Waals surface area contributed by atoms with Gasteiger partial charge in [0.05, 0.1) is 20.7 Å². The highest BCUT2D eigenvalue weighted by molar-refractivity contribution is 6.81. The molecule has 0 amide bonds. The Kier molecular flexibility index (Phi) is 5.53. The summed E-state index contributed by atoms with van der Waals surface area (Å²) in [6.45, 7) is 11.9. The average Bonchev–Trinajstić information content (AvgIpc) is 2.65. The van der Waals surface area contributed by atoms with Crippen molar-refractivity contribution in [3.63, 3.8) is 0 Å². The number of ether oxygens (including phenoxy) is 1. The minimum absolute atomic E-state index is 0.207. The molecule has 1 heterocycles. The standard InChI is InChI=1S/C24H31NO2Si/c1-24(2,3)28(5,6)23(16-18-9-7-8-10-22(18)26)21-13-11-17-15-19(27-4)12-14-20(17)25-21/h7-15,23,26H,16H2,1-6H3. The number of methoxy groups -OCH3 is 1.